The zero-order chi connectivity index (χ0) is 17.6. The van der Waals surface area contributed by atoms with E-state index < -0.39 is 6.04 Å². The Morgan fingerprint density at radius 1 is 1.28 bits per heavy atom. The van der Waals surface area contributed by atoms with E-state index in [9.17, 15) is 4.79 Å². The number of fused-ring (bicyclic) bond motifs is 1. The fourth-order valence-electron chi connectivity index (χ4n) is 3.29. The van der Waals surface area contributed by atoms with E-state index in [1.54, 1.807) is 0 Å². The molecule has 1 aromatic heterocycles. The van der Waals surface area contributed by atoms with Crippen LogP contribution in [0.2, 0.25) is 0 Å². The van der Waals surface area contributed by atoms with Gasteiger partial charge in [-0.05, 0) is 30.0 Å². The van der Waals surface area contributed by atoms with Crippen molar-refractivity contribution in [1.29, 1.82) is 0 Å². The number of nitrogens with zero attached hydrogens (tertiary/aromatic N) is 2. The van der Waals surface area contributed by atoms with Gasteiger partial charge in [0.05, 0.1) is 6.04 Å². The molecule has 2 aromatic rings. The maximum absolute atomic E-state index is 12.1. The molecule has 0 saturated carbocycles. The second-order valence-electron chi connectivity index (χ2n) is 6.54. The quantitative estimate of drug-likeness (QED) is 0.848. The molecular weight excluding hydrogens is 312 g/mol. The number of aromatic nitrogens is 1. The maximum atomic E-state index is 12.1. The van der Waals surface area contributed by atoms with Gasteiger partial charge in [-0.2, -0.15) is 0 Å². The van der Waals surface area contributed by atoms with Crippen LogP contribution in [0.1, 0.15) is 36.5 Å². The topological polar surface area (TPSA) is 71.2 Å². The number of hydrogen-bond donors (Lipinski definition) is 2. The minimum Gasteiger partial charge on any atom is -0.352 e. The molecule has 5 nitrogen and oxygen atoms in total. The molecule has 3 N–H and O–H groups in total. The molecule has 0 aliphatic carbocycles. The molecule has 1 aliphatic heterocycles. The zero-order valence-corrected chi connectivity index (χ0v) is 14.7. The molecule has 0 unspecified atom stereocenters. The number of hydrogen-bond acceptors (Lipinski definition) is 4. The van der Waals surface area contributed by atoms with Crippen LogP contribution in [0, 0.1) is 0 Å². The van der Waals surface area contributed by atoms with Crippen LogP contribution in [0.5, 0.6) is 0 Å². The Bertz CT molecular complexity index is 731. The zero-order valence-electron chi connectivity index (χ0n) is 14.7. The smallest absolute Gasteiger partial charge is 0.237 e. The number of benzene rings is 1. The van der Waals surface area contributed by atoms with Gasteiger partial charge < -0.3 is 16.0 Å². The Balaban J connectivity index is 1.70. The second kappa shape index (κ2) is 8.12. The lowest BCUT2D eigenvalue weighted by Gasteiger charge is -2.31. The number of carbonyl (C=O) groups is 1. The van der Waals surface area contributed by atoms with Gasteiger partial charge >= 0.3 is 0 Å². The Morgan fingerprint density at radius 2 is 2.08 bits per heavy atom. The number of carbonyl (C=O) groups excluding carboxylic acids is 1. The lowest BCUT2D eigenvalue weighted by Crippen LogP contribution is -2.40. The van der Waals surface area contributed by atoms with E-state index in [1.807, 2.05) is 25.3 Å². The lowest BCUT2D eigenvalue weighted by molar-refractivity contribution is -0.122. The molecule has 25 heavy (non-hydrogen) atoms. The van der Waals surface area contributed by atoms with E-state index in [1.165, 1.54) is 11.1 Å². The first-order valence-electron chi connectivity index (χ1n) is 8.98. The first-order chi connectivity index (χ1) is 12.2. The van der Waals surface area contributed by atoms with Crippen LogP contribution in [-0.2, 0) is 24.3 Å². The molecule has 1 aliphatic rings. The Morgan fingerprint density at radius 3 is 2.88 bits per heavy atom. The van der Waals surface area contributed by atoms with Crippen molar-refractivity contribution in [2.24, 2.45) is 5.73 Å². The highest BCUT2D eigenvalue weighted by molar-refractivity contribution is 5.81. The number of nitrogens with two attached hydrogens (primary N) is 1. The third kappa shape index (κ3) is 4.17. The van der Waals surface area contributed by atoms with Crippen LogP contribution in [0.25, 0.3) is 0 Å². The summed E-state index contributed by atoms with van der Waals surface area (Å²) in [5.74, 6) is 0.849. The highest BCUT2D eigenvalue weighted by Crippen LogP contribution is 2.25. The average molecular weight is 338 g/mol. The molecule has 0 saturated heterocycles. The van der Waals surface area contributed by atoms with Gasteiger partial charge in [0.2, 0.25) is 5.91 Å². The van der Waals surface area contributed by atoms with Crippen molar-refractivity contribution in [3.63, 3.8) is 0 Å². The number of nitrogens with one attached hydrogen (secondary N) is 1. The van der Waals surface area contributed by atoms with Crippen molar-refractivity contribution in [2.45, 2.75) is 45.3 Å². The summed E-state index contributed by atoms with van der Waals surface area (Å²) in [6.07, 6.45) is 4.43. The molecule has 1 amide bonds. The van der Waals surface area contributed by atoms with Gasteiger partial charge in [0.15, 0.2) is 0 Å². The summed E-state index contributed by atoms with van der Waals surface area (Å²) in [7, 11) is 0. The van der Waals surface area contributed by atoms with E-state index in [2.05, 4.69) is 39.5 Å². The molecule has 2 heterocycles. The fraction of sp³-hybridized carbons (Fsp3) is 0.400. The maximum Gasteiger partial charge on any atom is 0.237 e. The van der Waals surface area contributed by atoms with Crippen molar-refractivity contribution in [3.8, 4) is 0 Å². The SMILES string of the molecule is CCC[C@H](N)C(=O)NCc1cccnc1N1CCc2ccccc2C1. The van der Waals surface area contributed by atoms with Gasteiger partial charge in [0.25, 0.3) is 0 Å². The van der Waals surface area contributed by atoms with Crippen LogP contribution < -0.4 is 16.0 Å². The van der Waals surface area contributed by atoms with E-state index in [0.717, 1.165) is 37.3 Å². The highest BCUT2D eigenvalue weighted by atomic mass is 16.2. The normalized spacial score (nSPS) is 14.7. The largest absolute Gasteiger partial charge is 0.352 e. The number of pyridine rings is 1. The third-order valence-corrected chi connectivity index (χ3v) is 4.69. The van der Waals surface area contributed by atoms with Gasteiger partial charge in [-0.25, -0.2) is 4.98 Å². The van der Waals surface area contributed by atoms with E-state index >= 15 is 0 Å². The Labute approximate surface area is 149 Å². The molecule has 0 fully saturated rings. The summed E-state index contributed by atoms with van der Waals surface area (Å²) in [4.78, 5) is 19.0. The van der Waals surface area contributed by atoms with Crippen molar-refractivity contribution in [2.75, 3.05) is 11.4 Å². The summed E-state index contributed by atoms with van der Waals surface area (Å²) in [5, 5.41) is 2.95. The first kappa shape index (κ1) is 17.4. The number of anilines is 1. The lowest BCUT2D eigenvalue weighted by atomic mass is 9.99. The van der Waals surface area contributed by atoms with E-state index in [-0.39, 0.29) is 5.91 Å². The molecule has 132 valence electrons. The standard InChI is InChI=1S/C20H26N4O/c1-2-6-18(21)20(25)23-13-16-9-5-11-22-19(16)24-12-10-15-7-3-4-8-17(15)14-24/h3-5,7-9,11,18H,2,6,10,12-14,21H2,1H3,(H,23,25)/t18-/m0/s1. The van der Waals surface area contributed by atoms with Crippen molar-refractivity contribution in [1.82, 2.24) is 10.3 Å². The van der Waals surface area contributed by atoms with Crippen LogP contribution in [0.4, 0.5) is 5.82 Å². The van der Waals surface area contributed by atoms with E-state index in [0.29, 0.717) is 13.0 Å². The molecular formula is C20H26N4O. The monoisotopic (exact) mass is 338 g/mol. The second-order valence-corrected chi connectivity index (χ2v) is 6.54. The van der Waals surface area contributed by atoms with E-state index in [4.69, 9.17) is 5.73 Å². The molecule has 1 aromatic carbocycles. The first-order valence-corrected chi connectivity index (χ1v) is 8.98. The van der Waals surface area contributed by atoms with Gasteiger partial charge in [-0.15, -0.1) is 0 Å². The van der Waals surface area contributed by atoms with Crippen LogP contribution >= 0.6 is 0 Å². The molecule has 3 rings (SSSR count). The van der Waals surface area contributed by atoms with Crippen molar-refractivity contribution >= 4 is 11.7 Å². The Hall–Kier alpha value is -2.40. The van der Waals surface area contributed by atoms with Crippen LogP contribution in [0.15, 0.2) is 42.6 Å². The summed E-state index contributed by atoms with van der Waals surface area (Å²) >= 11 is 0. The van der Waals surface area contributed by atoms with Gasteiger partial charge in [-0.3, -0.25) is 4.79 Å². The van der Waals surface area contributed by atoms with Crippen molar-refractivity contribution < 1.29 is 4.79 Å². The Kier molecular flexibility index (Phi) is 5.66. The molecule has 0 radical (unpaired) electrons. The number of rotatable bonds is 6. The minimum absolute atomic E-state index is 0.0966. The average Bonchev–Trinajstić information content (AvgIpc) is 2.66. The number of amides is 1. The summed E-state index contributed by atoms with van der Waals surface area (Å²) in [5.41, 5.74) is 9.67. The van der Waals surface area contributed by atoms with Crippen molar-refractivity contribution in [3.05, 3.63) is 59.3 Å². The van der Waals surface area contributed by atoms with Gasteiger partial charge in [0, 0.05) is 31.4 Å². The summed E-state index contributed by atoms with van der Waals surface area (Å²) in [6.45, 7) is 4.27. The molecule has 1 atom stereocenters. The minimum atomic E-state index is -0.438. The van der Waals surface area contributed by atoms with Gasteiger partial charge in [-0.1, -0.05) is 43.7 Å². The van der Waals surface area contributed by atoms with Crippen LogP contribution in [0.3, 0.4) is 0 Å². The predicted molar refractivity (Wildman–Crippen MR) is 100 cm³/mol. The predicted octanol–water partition coefficient (Wildman–Crippen LogP) is 2.39. The summed E-state index contributed by atoms with van der Waals surface area (Å²) in [6, 6.07) is 12.0. The molecule has 0 spiro atoms. The molecule has 5 heteroatoms. The van der Waals surface area contributed by atoms with Gasteiger partial charge in [0.1, 0.15) is 5.82 Å². The van der Waals surface area contributed by atoms with Crippen LogP contribution in [-0.4, -0.2) is 23.5 Å². The highest BCUT2D eigenvalue weighted by Gasteiger charge is 2.20. The fourth-order valence-corrected chi connectivity index (χ4v) is 3.29. The molecule has 0 bridgehead atoms. The summed E-state index contributed by atoms with van der Waals surface area (Å²) < 4.78 is 0. The third-order valence-electron chi connectivity index (χ3n) is 4.69.